The normalized spacial score (nSPS) is 19.7. The number of rotatable bonds is 2. The van der Waals surface area contributed by atoms with Crippen molar-refractivity contribution in [1.82, 2.24) is 4.90 Å². The zero-order valence-electron chi connectivity index (χ0n) is 9.82. The lowest BCUT2D eigenvalue weighted by Crippen LogP contribution is -2.37. The molecule has 1 aromatic rings. The van der Waals surface area contributed by atoms with Crippen LogP contribution in [0.3, 0.4) is 0 Å². The lowest BCUT2D eigenvalue weighted by molar-refractivity contribution is 0.0677. The van der Waals surface area contributed by atoms with Crippen LogP contribution in [0.5, 0.6) is 0 Å². The predicted molar refractivity (Wildman–Crippen MR) is 70.0 cm³/mol. The van der Waals surface area contributed by atoms with E-state index in [0.717, 1.165) is 35.0 Å². The standard InChI is InChI=1S/C13H16BrNO2/c1-9-7-10(14)4-5-12(9)13(17)15-6-2-3-11(15)8-16/h4-5,7,11,16H,2-3,6,8H2,1H3/t11-/m0/s1. The number of carbonyl (C=O) groups excluding carboxylic acids is 1. The minimum absolute atomic E-state index is 0.00875. The van der Waals surface area contributed by atoms with Crippen LogP contribution in [-0.2, 0) is 0 Å². The SMILES string of the molecule is Cc1cc(Br)ccc1C(=O)N1CCC[C@H]1CO. The highest BCUT2D eigenvalue weighted by Gasteiger charge is 2.29. The molecule has 1 aliphatic rings. The summed E-state index contributed by atoms with van der Waals surface area (Å²) in [6, 6.07) is 5.65. The van der Waals surface area contributed by atoms with Crippen molar-refractivity contribution in [3.8, 4) is 0 Å². The molecule has 1 aromatic carbocycles. The molecule has 1 amide bonds. The second-order valence-electron chi connectivity index (χ2n) is 4.44. The molecule has 1 atom stereocenters. The van der Waals surface area contributed by atoms with Gasteiger partial charge in [0.05, 0.1) is 12.6 Å². The molecule has 1 aliphatic heterocycles. The molecule has 1 N–H and O–H groups in total. The van der Waals surface area contributed by atoms with Crippen LogP contribution in [0.15, 0.2) is 22.7 Å². The fourth-order valence-corrected chi connectivity index (χ4v) is 2.79. The summed E-state index contributed by atoms with van der Waals surface area (Å²) in [6.45, 7) is 2.74. The molecule has 0 spiro atoms. The Hall–Kier alpha value is -0.870. The first-order valence-corrected chi connectivity index (χ1v) is 6.60. The number of amides is 1. The fourth-order valence-electron chi connectivity index (χ4n) is 2.31. The molecule has 92 valence electrons. The summed E-state index contributed by atoms with van der Waals surface area (Å²) in [5.74, 6) is 0.0338. The Bertz CT molecular complexity index is 433. The van der Waals surface area contributed by atoms with Gasteiger partial charge >= 0.3 is 0 Å². The third-order valence-corrected chi connectivity index (χ3v) is 3.76. The highest BCUT2D eigenvalue weighted by Crippen LogP contribution is 2.22. The first-order valence-electron chi connectivity index (χ1n) is 5.81. The topological polar surface area (TPSA) is 40.5 Å². The van der Waals surface area contributed by atoms with E-state index in [1.807, 2.05) is 25.1 Å². The molecule has 0 radical (unpaired) electrons. The second kappa shape index (κ2) is 5.19. The minimum Gasteiger partial charge on any atom is -0.394 e. The molecular weight excluding hydrogens is 282 g/mol. The predicted octanol–water partition coefficient (Wildman–Crippen LogP) is 2.35. The zero-order valence-corrected chi connectivity index (χ0v) is 11.4. The Morgan fingerprint density at radius 1 is 1.59 bits per heavy atom. The Labute approximate surface area is 110 Å². The Kier molecular flexibility index (Phi) is 3.84. The smallest absolute Gasteiger partial charge is 0.254 e. The largest absolute Gasteiger partial charge is 0.394 e. The van der Waals surface area contributed by atoms with Crippen molar-refractivity contribution in [3.05, 3.63) is 33.8 Å². The first kappa shape index (κ1) is 12.6. The van der Waals surface area contributed by atoms with Gasteiger partial charge in [0.1, 0.15) is 0 Å². The summed E-state index contributed by atoms with van der Waals surface area (Å²) in [7, 11) is 0. The molecule has 4 heteroatoms. The van der Waals surface area contributed by atoms with Crippen LogP contribution in [0.4, 0.5) is 0 Å². The lowest BCUT2D eigenvalue weighted by atomic mass is 10.1. The second-order valence-corrected chi connectivity index (χ2v) is 5.35. The van der Waals surface area contributed by atoms with Crippen LogP contribution in [-0.4, -0.2) is 35.1 Å². The maximum Gasteiger partial charge on any atom is 0.254 e. The fraction of sp³-hybridized carbons (Fsp3) is 0.462. The van der Waals surface area contributed by atoms with E-state index in [1.54, 1.807) is 4.90 Å². The number of hydrogen-bond acceptors (Lipinski definition) is 2. The van der Waals surface area contributed by atoms with Crippen molar-refractivity contribution in [3.63, 3.8) is 0 Å². The van der Waals surface area contributed by atoms with Crippen molar-refractivity contribution in [1.29, 1.82) is 0 Å². The number of aryl methyl sites for hydroxylation is 1. The number of halogens is 1. The van der Waals surface area contributed by atoms with Crippen molar-refractivity contribution in [2.75, 3.05) is 13.2 Å². The number of hydrogen-bond donors (Lipinski definition) is 1. The third kappa shape index (κ3) is 2.53. The van der Waals surface area contributed by atoms with E-state index in [-0.39, 0.29) is 18.6 Å². The van der Waals surface area contributed by atoms with Gasteiger partial charge < -0.3 is 10.0 Å². The van der Waals surface area contributed by atoms with Crippen molar-refractivity contribution in [2.45, 2.75) is 25.8 Å². The highest BCUT2D eigenvalue weighted by atomic mass is 79.9. The highest BCUT2D eigenvalue weighted by molar-refractivity contribution is 9.10. The number of aliphatic hydroxyl groups is 1. The molecule has 1 saturated heterocycles. The summed E-state index contributed by atoms with van der Waals surface area (Å²) in [5, 5.41) is 9.24. The number of aliphatic hydroxyl groups excluding tert-OH is 1. The van der Waals surface area contributed by atoms with Crippen LogP contribution in [0, 0.1) is 6.92 Å². The molecule has 2 rings (SSSR count). The van der Waals surface area contributed by atoms with Crippen LogP contribution in [0.25, 0.3) is 0 Å². The van der Waals surface area contributed by atoms with Gasteiger partial charge in [0.2, 0.25) is 0 Å². The molecule has 0 aliphatic carbocycles. The first-order chi connectivity index (χ1) is 8.13. The Morgan fingerprint density at radius 2 is 2.35 bits per heavy atom. The molecule has 1 heterocycles. The quantitative estimate of drug-likeness (QED) is 0.910. The van der Waals surface area contributed by atoms with Crippen LogP contribution < -0.4 is 0 Å². The van der Waals surface area contributed by atoms with E-state index >= 15 is 0 Å². The van der Waals surface area contributed by atoms with Gasteiger partial charge in [-0.25, -0.2) is 0 Å². The van der Waals surface area contributed by atoms with Gasteiger partial charge in [0, 0.05) is 16.6 Å². The summed E-state index contributed by atoms with van der Waals surface area (Å²) in [6.07, 6.45) is 1.88. The van der Waals surface area contributed by atoms with Gasteiger partial charge in [0.25, 0.3) is 5.91 Å². The Balaban J connectivity index is 2.24. The van der Waals surface area contributed by atoms with E-state index in [0.29, 0.717) is 0 Å². The summed E-state index contributed by atoms with van der Waals surface area (Å²) < 4.78 is 0.978. The van der Waals surface area contributed by atoms with Gasteiger partial charge in [-0.05, 0) is 43.5 Å². The minimum atomic E-state index is -0.00875. The molecule has 0 aromatic heterocycles. The van der Waals surface area contributed by atoms with E-state index < -0.39 is 0 Å². The van der Waals surface area contributed by atoms with E-state index in [9.17, 15) is 9.90 Å². The number of benzene rings is 1. The molecule has 17 heavy (non-hydrogen) atoms. The third-order valence-electron chi connectivity index (χ3n) is 3.27. The average molecular weight is 298 g/mol. The van der Waals surface area contributed by atoms with Crippen LogP contribution in [0.1, 0.15) is 28.8 Å². The van der Waals surface area contributed by atoms with E-state index in [1.165, 1.54) is 0 Å². The average Bonchev–Trinajstić information content (AvgIpc) is 2.76. The molecule has 0 unspecified atom stereocenters. The van der Waals surface area contributed by atoms with Crippen molar-refractivity contribution >= 4 is 21.8 Å². The van der Waals surface area contributed by atoms with Crippen molar-refractivity contribution in [2.24, 2.45) is 0 Å². The molecule has 0 bridgehead atoms. The summed E-state index contributed by atoms with van der Waals surface area (Å²) >= 11 is 3.39. The van der Waals surface area contributed by atoms with Gasteiger partial charge in [-0.15, -0.1) is 0 Å². The van der Waals surface area contributed by atoms with Gasteiger partial charge in [-0.2, -0.15) is 0 Å². The Morgan fingerprint density at radius 3 is 3.00 bits per heavy atom. The molecule has 1 fully saturated rings. The molecule has 0 saturated carbocycles. The maximum atomic E-state index is 12.3. The van der Waals surface area contributed by atoms with Crippen molar-refractivity contribution < 1.29 is 9.90 Å². The number of likely N-dealkylation sites (tertiary alicyclic amines) is 1. The molecule has 3 nitrogen and oxygen atoms in total. The van der Waals surface area contributed by atoms with Gasteiger partial charge in [-0.3, -0.25) is 4.79 Å². The number of carbonyl (C=O) groups is 1. The van der Waals surface area contributed by atoms with Crippen LogP contribution in [0.2, 0.25) is 0 Å². The van der Waals surface area contributed by atoms with Gasteiger partial charge in [0.15, 0.2) is 0 Å². The van der Waals surface area contributed by atoms with Crippen LogP contribution >= 0.6 is 15.9 Å². The summed E-state index contributed by atoms with van der Waals surface area (Å²) in [4.78, 5) is 14.1. The molecular formula is C13H16BrNO2. The van der Waals surface area contributed by atoms with E-state index in [4.69, 9.17) is 0 Å². The summed E-state index contributed by atoms with van der Waals surface area (Å²) in [5.41, 5.74) is 1.70. The van der Waals surface area contributed by atoms with Gasteiger partial charge in [-0.1, -0.05) is 15.9 Å². The monoisotopic (exact) mass is 297 g/mol. The number of nitrogens with zero attached hydrogens (tertiary/aromatic N) is 1. The maximum absolute atomic E-state index is 12.3. The van der Waals surface area contributed by atoms with E-state index in [2.05, 4.69) is 15.9 Å². The zero-order chi connectivity index (χ0) is 12.4. The lowest BCUT2D eigenvalue weighted by Gasteiger charge is -2.23.